The molecule has 2 rings (SSSR count). The third-order valence-corrected chi connectivity index (χ3v) is 3.64. The van der Waals surface area contributed by atoms with Crippen molar-refractivity contribution in [1.82, 2.24) is 25.2 Å². The average molecular weight is 267 g/mol. The lowest BCUT2D eigenvalue weighted by Gasteiger charge is -2.32. The smallest absolute Gasteiger partial charge is 0.0964 e. The highest BCUT2D eigenvalue weighted by molar-refractivity contribution is 4.90. The van der Waals surface area contributed by atoms with Gasteiger partial charge in [0.2, 0.25) is 0 Å². The van der Waals surface area contributed by atoms with Crippen molar-refractivity contribution >= 4 is 0 Å². The summed E-state index contributed by atoms with van der Waals surface area (Å²) in [4.78, 5) is 2.41. The molecule has 0 saturated carbocycles. The van der Waals surface area contributed by atoms with Crippen molar-refractivity contribution in [3.8, 4) is 0 Å². The van der Waals surface area contributed by atoms with Crippen LogP contribution in [-0.4, -0.2) is 59.8 Å². The fourth-order valence-corrected chi connectivity index (χ4v) is 2.44. The van der Waals surface area contributed by atoms with E-state index >= 15 is 0 Å². The highest BCUT2D eigenvalue weighted by atomic mass is 16.5. The van der Waals surface area contributed by atoms with Gasteiger partial charge in [0.25, 0.3) is 0 Å². The first-order valence-electron chi connectivity index (χ1n) is 7.11. The van der Waals surface area contributed by atoms with Gasteiger partial charge in [-0.05, 0) is 33.5 Å². The molecule has 1 atom stereocenters. The third-order valence-electron chi connectivity index (χ3n) is 3.64. The minimum atomic E-state index is 0.587. The van der Waals surface area contributed by atoms with Crippen LogP contribution in [0, 0.1) is 0 Å². The molecule has 19 heavy (non-hydrogen) atoms. The number of aromatic nitrogens is 3. The van der Waals surface area contributed by atoms with E-state index in [2.05, 4.69) is 27.6 Å². The molecule has 0 bridgehead atoms. The van der Waals surface area contributed by atoms with Gasteiger partial charge in [0.1, 0.15) is 0 Å². The van der Waals surface area contributed by atoms with Crippen molar-refractivity contribution < 1.29 is 4.74 Å². The number of ether oxygens (including phenoxy) is 1. The predicted octanol–water partition coefficient (Wildman–Crippen LogP) is 0.498. The van der Waals surface area contributed by atoms with E-state index in [1.54, 1.807) is 0 Å². The van der Waals surface area contributed by atoms with Crippen molar-refractivity contribution in [1.29, 1.82) is 0 Å². The Labute approximate surface area is 115 Å². The summed E-state index contributed by atoms with van der Waals surface area (Å²) in [6.07, 6.45) is 5.87. The topological polar surface area (TPSA) is 55.2 Å². The zero-order valence-electron chi connectivity index (χ0n) is 12.0. The monoisotopic (exact) mass is 267 g/mol. The van der Waals surface area contributed by atoms with Gasteiger partial charge in [0, 0.05) is 18.8 Å². The van der Waals surface area contributed by atoms with E-state index in [9.17, 15) is 0 Å². The van der Waals surface area contributed by atoms with Gasteiger partial charge in [-0.15, -0.1) is 5.10 Å². The lowest BCUT2D eigenvalue weighted by atomic mass is 10.0. The lowest BCUT2D eigenvalue weighted by molar-refractivity contribution is 0.0482. The van der Waals surface area contributed by atoms with Crippen LogP contribution in [0.15, 0.2) is 6.20 Å². The number of nitrogens with one attached hydrogen (secondary N) is 1. The molecule has 0 radical (unpaired) electrons. The Hall–Kier alpha value is -0.980. The maximum atomic E-state index is 5.77. The summed E-state index contributed by atoms with van der Waals surface area (Å²) >= 11 is 0. The number of rotatable bonds is 7. The van der Waals surface area contributed by atoms with E-state index in [0.717, 1.165) is 25.4 Å². The molecule has 108 valence electrons. The third kappa shape index (κ3) is 4.56. The fourth-order valence-electron chi connectivity index (χ4n) is 2.44. The molecule has 1 saturated heterocycles. The van der Waals surface area contributed by atoms with Crippen LogP contribution in [0.3, 0.4) is 0 Å². The van der Waals surface area contributed by atoms with Crippen LogP contribution in [0.5, 0.6) is 0 Å². The van der Waals surface area contributed by atoms with Crippen LogP contribution in [0.4, 0.5) is 0 Å². The summed E-state index contributed by atoms with van der Waals surface area (Å²) in [6, 6.07) is 0.587. The predicted molar refractivity (Wildman–Crippen MR) is 73.9 cm³/mol. The Bertz CT molecular complexity index is 368. The van der Waals surface area contributed by atoms with Crippen LogP contribution in [0.25, 0.3) is 0 Å². The minimum Gasteiger partial charge on any atom is -0.378 e. The summed E-state index contributed by atoms with van der Waals surface area (Å²) in [6.45, 7) is 4.26. The molecule has 1 aromatic heterocycles. The normalized spacial score (nSPS) is 20.8. The number of hydrogen-bond acceptors (Lipinski definition) is 5. The molecular weight excluding hydrogens is 242 g/mol. The second-order valence-corrected chi connectivity index (χ2v) is 5.21. The molecule has 0 amide bonds. The van der Waals surface area contributed by atoms with Crippen molar-refractivity contribution in [2.24, 2.45) is 0 Å². The number of nitrogens with zero attached hydrogens (tertiary/aromatic N) is 4. The molecule has 2 heterocycles. The second-order valence-electron chi connectivity index (χ2n) is 5.21. The van der Waals surface area contributed by atoms with Crippen LogP contribution < -0.4 is 5.32 Å². The molecule has 0 aromatic carbocycles. The van der Waals surface area contributed by atoms with E-state index in [1.807, 2.05) is 17.9 Å². The zero-order chi connectivity index (χ0) is 13.5. The molecule has 6 nitrogen and oxygen atoms in total. The minimum absolute atomic E-state index is 0.587. The van der Waals surface area contributed by atoms with Gasteiger partial charge in [0.15, 0.2) is 0 Å². The molecule has 1 unspecified atom stereocenters. The summed E-state index contributed by atoms with van der Waals surface area (Å²) in [5.41, 5.74) is 0.967. The summed E-state index contributed by atoms with van der Waals surface area (Å²) in [5, 5.41) is 11.2. The van der Waals surface area contributed by atoms with Gasteiger partial charge < -0.3 is 15.0 Å². The van der Waals surface area contributed by atoms with Gasteiger partial charge in [-0.25, -0.2) is 4.68 Å². The molecule has 1 aromatic rings. The maximum absolute atomic E-state index is 5.77. The van der Waals surface area contributed by atoms with E-state index in [4.69, 9.17) is 4.74 Å². The van der Waals surface area contributed by atoms with E-state index in [-0.39, 0.29) is 0 Å². The van der Waals surface area contributed by atoms with Gasteiger partial charge in [-0.1, -0.05) is 11.6 Å². The van der Waals surface area contributed by atoms with Gasteiger partial charge in [0.05, 0.1) is 25.5 Å². The Balaban J connectivity index is 1.62. The van der Waals surface area contributed by atoms with Crippen LogP contribution in [0.2, 0.25) is 0 Å². The average Bonchev–Trinajstić information content (AvgIpc) is 2.85. The zero-order valence-corrected chi connectivity index (χ0v) is 12.0. The second kappa shape index (κ2) is 7.57. The first-order chi connectivity index (χ1) is 9.29. The number of hydrogen-bond donors (Lipinski definition) is 1. The van der Waals surface area contributed by atoms with Gasteiger partial charge >= 0.3 is 0 Å². The molecule has 1 fully saturated rings. The van der Waals surface area contributed by atoms with E-state index in [1.165, 1.54) is 25.8 Å². The van der Waals surface area contributed by atoms with Crippen LogP contribution in [0.1, 0.15) is 25.0 Å². The van der Waals surface area contributed by atoms with Crippen LogP contribution >= 0.6 is 0 Å². The molecule has 6 heteroatoms. The van der Waals surface area contributed by atoms with Gasteiger partial charge in [-0.3, -0.25) is 0 Å². The Kier molecular flexibility index (Phi) is 5.75. The fraction of sp³-hybridized carbons (Fsp3) is 0.846. The Morgan fingerprint density at radius 2 is 2.37 bits per heavy atom. The van der Waals surface area contributed by atoms with Crippen molar-refractivity contribution in [2.75, 3.05) is 33.9 Å². The standard InChI is InChI=1S/C13H25N5O/c1-14-9-12-10-18(16-15-12)7-8-19-11-13-5-3-4-6-17(13)2/h10,13-14H,3-9,11H2,1-2H3. The maximum Gasteiger partial charge on any atom is 0.0964 e. The van der Waals surface area contributed by atoms with E-state index < -0.39 is 0 Å². The van der Waals surface area contributed by atoms with Crippen LogP contribution in [-0.2, 0) is 17.8 Å². The highest BCUT2D eigenvalue weighted by Crippen LogP contribution is 2.14. The number of likely N-dealkylation sites (N-methyl/N-ethyl adjacent to an activating group) is 1. The van der Waals surface area contributed by atoms with Crippen molar-refractivity contribution in [3.63, 3.8) is 0 Å². The quantitative estimate of drug-likeness (QED) is 0.729. The Morgan fingerprint density at radius 1 is 1.47 bits per heavy atom. The number of likely N-dealkylation sites (tertiary alicyclic amines) is 1. The molecule has 0 spiro atoms. The lowest BCUT2D eigenvalue weighted by Crippen LogP contribution is -2.39. The molecule has 1 aliphatic heterocycles. The number of piperidine rings is 1. The summed E-state index contributed by atoms with van der Waals surface area (Å²) in [7, 11) is 4.09. The van der Waals surface area contributed by atoms with Crippen molar-refractivity contribution in [3.05, 3.63) is 11.9 Å². The highest BCUT2D eigenvalue weighted by Gasteiger charge is 2.18. The molecular formula is C13H25N5O. The molecule has 0 aliphatic carbocycles. The Morgan fingerprint density at radius 3 is 3.16 bits per heavy atom. The van der Waals surface area contributed by atoms with E-state index in [0.29, 0.717) is 12.6 Å². The first-order valence-corrected chi connectivity index (χ1v) is 7.11. The summed E-state index contributed by atoms with van der Waals surface area (Å²) in [5.74, 6) is 0. The molecule has 1 aliphatic rings. The SMILES string of the molecule is CNCc1cn(CCOCC2CCCCN2C)nn1. The van der Waals surface area contributed by atoms with Crippen molar-refractivity contribution in [2.45, 2.75) is 38.4 Å². The largest absolute Gasteiger partial charge is 0.378 e. The molecule has 1 N–H and O–H groups in total. The summed E-state index contributed by atoms with van der Waals surface area (Å²) < 4.78 is 7.62. The first kappa shape index (κ1) is 14.4. The van der Waals surface area contributed by atoms with Gasteiger partial charge in [-0.2, -0.15) is 0 Å².